The van der Waals surface area contributed by atoms with Crippen LogP contribution in [0.3, 0.4) is 0 Å². The first-order chi connectivity index (χ1) is 14.8. The third kappa shape index (κ3) is 6.17. The molecule has 31 heavy (non-hydrogen) atoms. The summed E-state index contributed by atoms with van der Waals surface area (Å²) in [5, 5.41) is 16.0. The topological polar surface area (TPSA) is 84.0 Å². The van der Waals surface area contributed by atoms with Crippen molar-refractivity contribution in [1.82, 2.24) is 15.5 Å². The SMILES string of the molecule is CC[C@H](C)[C@H](NC(=O)c1cc(Cl)cc(Cl)c1)C(=O)Nc1nnc(-c2ccc(Cl)cc2)s1. The fourth-order valence-corrected chi connectivity index (χ4v) is 4.18. The van der Waals surface area contributed by atoms with E-state index in [9.17, 15) is 9.59 Å². The Morgan fingerprint density at radius 3 is 2.26 bits per heavy atom. The van der Waals surface area contributed by atoms with Crippen molar-refractivity contribution in [3.05, 3.63) is 63.1 Å². The zero-order valence-electron chi connectivity index (χ0n) is 16.7. The van der Waals surface area contributed by atoms with Crippen molar-refractivity contribution in [2.24, 2.45) is 5.92 Å². The maximum Gasteiger partial charge on any atom is 0.252 e. The minimum absolute atomic E-state index is 0.123. The van der Waals surface area contributed by atoms with E-state index in [1.807, 2.05) is 26.0 Å². The lowest BCUT2D eigenvalue weighted by Crippen LogP contribution is -2.47. The normalized spacial score (nSPS) is 12.8. The number of carbonyl (C=O) groups excluding carboxylic acids is 2. The summed E-state index contributed by atoms with van der Waals surface area (Å²) in [5.74, 6) is -0.944. The van der Waals surface area contributed by atoms with Crippen LogP contribution in [0.1, 0.15) is 30.6 Å². The second-order valence-corrected chi connectivity index (χ2v) is 9.19. The Bertz CT molecular complexity index is 1070. The van der Waals surface area contributed by atoms with Crippen LogP contribution < -0.4 is 10.6 Å². The standard InChI is InChI=1S/C21H19Cl3N4O2S/c1-3-11(2)17(25-18(29)13-8-15(23)10-16(24)9-13)19(30)26-21-28-27-20(31-21)12-4-6-14(22)7-5-12/h4-11,17H,3H2,1-2H3,(H,25,29)(H,26,28,30)/t11-,17-/m0/s1. The lowest BCUT2D eigenvalue weighted by molar-refractivity contribution is -0.119. The molecule has 2 N–H and O–H groups in total. The van der Waals surface area contributed by atoms with Crippen LogP contribution in [-0.2, 0) is 4.79 Å². The minimum atomic E-state index is -0.780. The van der Waals surface area contributed by atoms with E-state index in [4.69, 9.17) is 34.8 Å². The van der Waals surface area contributed by atoms with E-state index >= 15 is 0 Å². The molecule has 0 saturated carbocycles. The second-order valence-electron chi connectivity index (χ2n) is 6.90. The molecule has 2 amide bonds. The lowest BCUT2D eigenvalue weighted by atomic mass is 9.98. The highest BCUT2D eigenvalue weighted by Gasteiger charge is 2.27. The van der Waals surface area contributed by atoms with Gasteiger partial charge in [-0.3, -0.25) is 14.9 Å². The van der Waals surface area contributed by atoms with Crippen molar-refractivity contribution in [2.75, 3.05) is 5.32 Å². The Balaban J connectivity index is 1.74. The molecule has 3 aromatic rings. The van der Waals surface area contributed by atoms with Crippen molar-refractivity contribution >= 4 is 63.1 Å². The molecule has 0 aliphatic carbocycles. The number of amides is 2. The highest BCUT2D eigenvalue weighted by Crippen LogP contribution is 2.27. The molecule has 0 spiro atoms. The number of carbonyl (C=O) groups is 2. The monoisotopic (exact) mass is 496 g/mol. The summed E-state index contributed by atoms with van der Waals surface area (Å²) in [4.78, 5) is 25.7. The maximum atomic E-state index is 12.9. The fraction of sp³-hybridized carbons (Fsp3) is 0.238. The van der Waals surface area contributed by atoms with Crippen molar-refractivity contribution in [1.29, 1.82) is 0 Å². The first-order valence-electron chi connectivity index (χ1n) is 9.44. The molecule has 0 radical (unpaired) electrons. The molecule has 0 aliphatic rings. The molecule has 6 nitrogen and oxygen atoms in total. The van der Waals surface area contributed by atoms with Gasteiger partial charge in [-0.25, -0.2) is 0 Å². The zero-order valence-corrected chi connectivity index (χ0v) is 19.7. The summed E-state index contributed by atoms with van der Waals surface area (Å²) < 4.78 is 0. The number of nitrogens with one attached hydrogen (secondary N) is 2. The number of anilines is 1. The predicted octanol–water partition coefficient (Wildman–Crippen LogP) is 5.95. The highest BCUT2D eigenvalue weighted by atomic mass is 35.5. The first kappa shape index (κ1) is 23.5. The van der Waals surface area contributed by atoms with Crippen LogP contribution in [0.4, 0.5) is 5.13 Å². The van der Waals surface area contributed by atoms with Gasteiger partial charge in [-0.05, 0) is 36.2 Å². The molecule has 0 fully saturated rings. The molecule has 10 heteroatoms. The third-order valence-electron chi connectivity index (χ3n) is 4.65. The van der Waals surface area contributed by atoms with Gasteiger partial charge in [0.05, 0.1) is 0 Å². The van der Waals surface area contributed by atoms with E-state index < -0.39 is 11.9 Å². The van der Waals surface area contributed by atoms with E-state index in [0.29, 0.717) is 31.6 Å². The molecule has 0 saturated heterocycles. The number of benzene rings is 2. The summed E-state index contributed by atoms with van der Waals surface area (Å²) >= 11 is 19.1. The number of hydrogen-bond donors (Lipinski definition) is 2. The van der Waals surface area contributed by atoms with Crippen LogP contribution in [-0.4, -0.2) is 28.1 Å². The predicted molar refractivity (Wildman–Crippen MR) is 126 cm³/mol. The average Bonchev–Trinajstić information content (AvgIpc) is 3.19. The summed E-state index contributed by atoms with van der Waals surface area (Å²) in [7, 11) is 0. The number of aromatic nitrogens is 2. The van der Waals surface area contributed by atoms with Crippen LogP contribution in [0, 0.1) is 5.92 Å². The summed E-state index contributed by atoms with van der Waals surface area (Å²) in [6.07, 6.45) is 0.681. The Morgan fingerprint density at radius 1 is 1.00 bits per heavy atom. The van der Waals surface area contributed by atoms with Crippen LogP contribution >= 0.6 is 46.1 Å². The Labute approximate surface area is 198 Å². The molecule has 2 atom stereocenters. The number of rotatable bonds is 7. The molecule has 1 aromatic heterocycles. The maximum absolute atomic E-state index is 12.9. The smallest absolute Gasteiger partial charge is 0.252 e. The zero-order chi connectivity index (χ0) is 22.5. The van der Waals surface area contributed by atoms with E-state index in [1.165, 1.54) is 29.5 Å². The van der Waals surface area contributed by atoms with Crippen LogP contribution in [0.5, 0.6) is 0 Å². The van der Waals surface area contributed by atoms with Gasteiger partial charge >= 0.3 is 0 Å². The minimum Gasteiger partial charge on any atom is -0.340 e. The first-order valence-corrected chi connectivity index (χ1v) is 11.4. The lowest BCUT2D eigenvalue weighted by Gasteiger charge is -2.23. The summed E-state index contributed by atoms with van der Waals surface area (Å²) in [6, 6.07) is 10.9. The molecule has 1 heterocycles. The molecular weight excluding hydrogens is 479 g/mol. The van der Waals surface area contributed by atoms with Gasteiger partial charge in [0.25, 0.3) is 5.91 Å². The Hall–Kier alpha value is -2.19. The van der Waals surface area contributed by atoms with Gasteiger partial charge in [0, 0.05) is 26.2 Å². The van der Waals surface area contributed by atoms with Gasteiger partial charge in [-0.15, -0.1) is 10.2 Å². The van der Waals surface area contributed by atoms with Gasteiger partial charge in [0.2, 0.25) is 11.0 Å². The van der Waals surface area contributed by atoms with Crippen LogP contribution in [0.15, 0.2) is 42.5 Å². The molecule has 0 unspecified atom stereocenters. The molecule has 2 aromatic carbocycles. The molecular formula is C21H19Cl3N4O2S. The van der Waals surface area contributed by atoms with Crippen LogP contribution in [0.25, 0.3) is 10.6 Å². The largest absolute Gasteiger partial charge is 0.340 e. The molecule has 0 bridgehead atoms. The fourth-order valence-electron chi connectivity index (χ4n) is 2.78. The van der Waals surface area contributed by atoms with Gasteiger partial charge < -0.3 is 5.32 Å². The van der Waals surface area contributed by atoms with Crippen LogP contribution in [0.2, 0.25) is 15.1 Å². The van der Waals surface area contributed by atoms with E-state index in [1.54, 1.807) is 12.1 Å². The number of halogens is 3. The number of hydrogen-bond acceptors (Lipinski definition) is 5. The van der Waals surface area contributed by atoms with Crippen molar-refractivity contribution < 1.29 is 9.59 Å². The van der Waals surface area contributed by atoms with E-state index in [-0.39, 0.29) is 17.4 Å². The summed E-state index contributed by atoms with van der Waals surface area (Å²) in [6.45, 7) is 3.83. The molecule has 0 aliphatic heterocycles. The highest BCUT2D eigenvalue weighted by molar-refractivity contribution is 7.18. The quantitative estimate of drug-likeness (QED) is 0.422. The van der Waals surface area contributed by atoms with Gasteiger partial charge in [0.15, 0.2) is 0 Å². The average molecular weight is 498 g/mol. The molecule has 162 valence electrons. The number of nitrogens with zero attached hydrogens (tertiary/aromatic N) is 2. The second kappa shape index (κ2) is 10.4. The third-order valence-corrected chi connectivity index (χ3v) is 6.23. The van der Waals surface area contributed by atoms with Gasteiger partial charge in [-0.1, -0.05) is 78.5 Å². The molecule has 3 rings (SSSR count). The summed E-state index contributed by atoms with van der Waals surface area (Å²) in [5.41, 5.74) is 1.12. The van der Waals surface area contributed by atoms with E-state index in [2.05, 4.69) is 20.8 Å². The van der Waals surface area contributed by atoms with Gasteiger partial charge in [-0.2, -0.15) is 0 Å². The Kier molecular flexibility index (Phi) is 7.89. The van der Waals surface area contributed by atoms with E-state index in [0.717, 1.165) is 5.56 Å². The Morgan fingerprint density at radius 2 is 1.65 bits per heavy atom. The van der Waals surface area contributed by atoms with Crippen molar-refractivity contribution in [3.63, 3.8) is 0 Å². The van der Waals surface area contributed by atoms with Crippen molar-refractivity contribution in [2.45, 2.75) is 26.3 Å². The van der Waals surface area contributed by atoms with Gasteiger partial charge in [0.1, 0.15) is 11.0 Å². The van der Waals surface area contributed by atoms with Crippen molar-refractivity contribution in [3.8, 4) is 10.6 Å².